The molecular weight excluding hydrogens is 651 g/mol. The number of unbranched alkanes of at least 4 members (excludes halogenated alkanes) is 2. The third kappa shape index (κ3) is 15.4. The van der Waals surface area contributed by atoms with Crippen LogP contribution in [0.2, 0.25) is 6.55 Å². The summed E-state index contributed by atoms with van der Waals surface area (Å²) < 4.78 is 0. The Morgan fingerprint density at radius 3 is 1.23 bits per heavy atom. The summed E-state index contributed by atoms with van der Waals surface area (Å²) in [5.41, 5.74) is 2.87. The van der Waals surface area contributed by atoms with Gasteiger partial charge in [0, 0.05) is 0 Å². The van der Waals surface area contributed by atoms with E-state index >= 15 is 0 Å². The van der Waals surface area contributed by atoms with Gasteiger partial charge in [-0.1, -0.05) is 94.7 Å². The van der Waals surface area contributed by atoms with Crippen LogP contribution in [0, 0.1) is 13.8 Å². The van der Waals surface area contributed by atoms with Gasteiger partial charge in [0.15, 0.2) is 0 Å². The van der Waals surface area contributed by atoms with E-state index in [9.17, 15) is 0 Å². The van der Waals surface area contributed by atoms with Crippen molar-refractivity contribution in [2.75, 3.05) is 0 Å². The average molecular weight is 699 g/mol. The third-order valence-corrected chi connectivity index (χ3v) is 6.85. The number of rotatable bonds is 5. The van der Waals surface area contributed by atoms with E-state index in [-0.39, 0.29) is 25.8 Å². The van der Waals surface area contributed by atoms with Crippen LogP contribution in [0.5, 0.6) is 0 Å². The minimum atomic E-state index is 0. The fourth-order valence-corrected chi connectivity index (χ4v) is 3.97. The molecule has 0 fully saturated rings. The van der Waals surface area contributed by atoms with Gasteiger partial charge in [-0.15, -0.1) is 81.2 Å². The van der Waals surface area contributed by atoms with Gasteiger partial charge in [0.05, 0.1) is 9.52 Å². The van der Waals surface area contributed by atoms with Crippen molar-refractivity contribution >= 4 is 36.3 Å². The molecule has 0 N–H and O–H groups in total. The Labute approximate surface area is 261 Å². The predicted molar refractivity (Wildman–Crippen MR) is 176 cm³/mol. The van der Waals surface area contributed by atoms with E-state index < -0.39 is 0 Å². The second-order valence-corrected chi connectivity index (χ2v) is 10.1. The molecule has 0 bridgehead atoms. The fraction of sp³-hybridized carbons (Fsp3) is 0.297. The zero-order chi connectivity index (χ0) is 28.0. The van der Waals surface area contributed by atoms with Crippen molar-refractivity contribution in [2.24, 2.45) is 0 Å². The van der Waals surface area contributed by atoms with Gasteiger partial charge < -0.3 is 13.8 Å². The summed E-state index contributed by atoms with van der Waals surface area (Å²) in [6, 6.07) is 36.5. The van der Waals surface area contributed by atoms with Crippen molar-refractivity contribution in [1.29, 1.82) is 0 Å². The molecule has 0 spiro atoms. The van der Waals surface area contributed by atoms with E-state index in [2.05, 4.69) is 145 Å². The average Bonchev–Trinajstić information content (AvgIpc) is 3.62. The van der Waals surface area contributed by atoms with Gasteiger partial charge in [0.25, 0.3) is 0 Å². The van der Waals surface area contributed by atoms with E-state index in [0.717, 1.165) is 35.2 Å². The van der Waals surface area contributed by atoms with E-state index in [1.165, 1.54) is 50.7 Å². The Bertz CT molecular complexity index is 1070. The Hall–Kier alpha value is -2.03. The van der Waals surface area contributed by atoms with Crippen molar-refractivity contribution in [3.63, 3.8) is 0 Å². The standard InChI is InChI=1S/2C11H11.C7H8Si.2C4H9.Hf/c2*1-2-9-7-10-5-3-4-6-11(10)8-9;1-8-7-5-3-2-4-6-7;2*1-3-4-2;/h2*3-8H,2H2,1H3;2-6H,1H3;2*1,3-4H2,2H3;/q2*-1;;2*-1;+4. The molecule has 0 saturated heterocycles. The van der Waals surface area contributed by atoms with Gasteiger partial charge in [0.2, 0.25) is 0 Å². The summed E-state index contributed by atoms with van der Waals surface area (Å²) in [6.07, 6.45) is 6.82. The molecule has 0 atom stereocenters. The minimum Gasteiger partial charge on any atom is -0.343 e. The van der Waals surface area contributed by atoms with Crippen LogP contribution in [0.3, 0.4) is 0 Å². The van der Waals surface area contributed by atoms with Crippen molar-refractivity contribution in [2.45, 2.75) is 72.8 Å². The van der Waals surface area contributed by atoms with Crippen LogP contribution in [-0.2, 0) is 38.7 Å². The first-order chi connectivity index (χ1) is 18.6. The van der Waals surface area contributed by atoms with Crippen molar-refractivity contribution in [3.05, 3.63) is 128 Å². The molecule has 5 rings (SSSR count). The van der Waals surface area contributed by atoms with Crippen LogP contribution in [0.15, 0.2) is 103 Å². The first kappa shape index (κ1) is 37.0. The number of hydrogen-bond acceptors (Lipinski definition) is 0. The molecule has 39 heavy (non-hydrogen) atoms. The zero-order valence-electron chi connectivity index (χ0n) is 25.0. The molecule has 0 aliphatic rings. The summed E-state index contributed by atoms with van der Waals surface area (Å²) in [4.78, 5) is 0. The smallest absolute Gasteiger partial charge is 0.343 e. The molecule has 0 aromatic heterocycles. The van der Waals surface area contributed by atoms with Gasteiger partial charge in [-0.25, -0.2) is 0 Å². The molecule has 0 saturated carbocycles. The summed E-state index contributed by atoms with van der Waals surface area (Å²) in [7, 11) is 0.930. The molecule has 0 aliphatic carbocycles. The molecule has 2 radical (unpaired) electrons. The van der Waals surface area contributed by atoms with Crippen LogP contribution in [0.1, 0.15) is 64.5 Å². The third-order valence-electron chi connectivity index (χ3n) is 5.94. The Balaban J connectivity index is 0.000000489. The summed E-state index contributed by atoms with van der Waals surface area (Å²) >= 11 is 0. The van der Waals surface area contributed by atoms with Gasteiger partial charge in [-0.05, 0) is 12.8 Å². The Morgan fingerprint density at radius 1 is 0.590 bits per heavy atom. The van der Waals surface area contributed by atoms with Gasteiger partial charge >= 0.3 is 25.8 Å². The quantitative estimate of drug-likeness (QED) is 0.127. The van der Waals surface area contributed by atoms with Crippen LogP contribution in [0.4, 0.5) is 0 Å². The zero-order valence-corrected chi connectivity index (χ0v) is 29.6. The number of hydrogen-bond donors (Lipinski definition) is 0. The minimum absolute atomic E-state index is 0. The second-order valence-electron chi connectivity index (χ2n) is 9.02. The molecule has 5 aromatic carbocycles. The fourth-order valence-electron chi connectivity index (χ4n) is 3.44. The molecule has 0 nitrogen and oxygen atoms in total. The topological polar surface area (TPSA) is 0 Å². The van der Waals surface area contributed by atoms with Gasteiger partial charge in [-0.3, -0.25) is 0 Å². The van der Waals surface area contributed by atoms with Gasteiger partial charge in [0.1, 0.15) is 0 Å². The molecule has 204 valence electrons. The predicted octanol–water partition coefficient (Wildman–Crippen LogP) is 10.5. The van der Waals surface area contributed by atoms with Crippen molar-refractivity contribution in [1.82, 2.24) is 0 Å². The van der Waals surface area contributed by atoms with Crippen molar-refractivity contribution < 1.29 is 25.8 Å². The first-order valence-electron chi connectivity index (χ1n) is 14.2. The van der Waals surface area contributed by atoms with Crippen LogP contribution >= 0.6 is 0 Å². The number of fused-ring (bicyclic) bond motifs is 2. The van der Waals surface area contributed by atoms with Crippen LogP contribution in [0.25, 0.3) is 21.5 Å². The molecule has 0 unspecified atom stereocenters. The van der Waals surface area contributed by atoms with Gasteiger partial charge in [-0.2, -0.15) is 25.0 Å². The van der Waals surface area contributed by atoms with E-state index in [0.29, 0.717) is 0 Å². The van der Waals surface area contributed by atoms with Crippen molar-refractivity contribution in [3.8, 4) is 0 Å². The normalized spacial score (nSPS) is 9.41. The molecule has 5 aromatic rings. The van der Waals surface area contributed by atoms with E-state index in [1.807, 2.05) is 6.07 Å². The monoisotopic (exact) mass is 700 g/mol. The maximum atomic E-state index is 3.60. The SMILES string of the molecule is CCc1cc2ccccc2[cH-]1.CCc1cc2ccccc2[cH-]1.C[Si]c1ccccc1.[CH2-]CCC.[CH2-]CCC.[Hf+4]. The van der Waals surface area contributed by atoms with Crippen LogP contribution in [-0.4, -0.2) is 9.52 Å². The van der Waals surface area contributed by atoms with E-state index in [1.54, 1.807) is 0 Å². The summed E-state index contributed by atoms with van der Waals surface area (Å²) in [5, 5.41) is 6.90. The van der Waals surface area contributed by atoms with E-state index in [4.69, 9.17) is 0 Å². The molecule has 0 heterocycles. The summed E-state index contributed by atoms with van der Waals surface area (Å²) in [6.45, 7) is 18.0. The molecular formula is C37H48HfSi. The molecule has 2 heteroatoms. The Kier molecular flexibility index (Phi) is 22.6. The maximum Gasteiger partial charge on any atom is 4.00 e. The Morgan fingerprint density at radius 2 is 0.949 bits per heavy atom. The largest absolute Gasteiger partial charge is 4.00 e. The summed E-state index contributed by atoms with van der Waals surface area (Å²) in [5.74, 6) is 0. The molecule has 0 amide bonds. The number of aryl methyl sites for hydroxylation is 2. The molecule has 0 aliphatic heterocycles. The van der Waals surface area contributed by atoms with Crippen LogP contribution < -0.4 is 5.19 Å². The first-order valence-corrected chi connectivity index (χ1v) is 15.7. The second kappa shape index (κ2) is 23.8. The number of benzene rings is 3. The maximum absolute atomic E-state index is 3.60.